The Hall–Kier alpha value is -1.36. The summed E-state index contributed by atoms with van der Waals surface area (Å²) in [5.74, 6) is 0.834. The van der Waals surface area contributed by atoms with Gasteiger partial charge in [0.2, 0.25) is 0 Å². The summed E-state index contributed by atoms with van der Waals surface area (Å²) in [5, 5.41) is 0. The summed E-state index contributed by atoms with van der Waals surface area (Å²) >= 11 is 0. The second-order valence-corrected chi connectivity index (χ2v) is 4.94. The summed E-state index contributed by atoms with van der Waals surface area (Å²) in [6.45, 7) is 3.28. The molecular weight excluding hydrogens is 218 g/mol. The predicted molar refractivity (Wildman–Crippen MR) is 63.1 cm³/mol. The molecule has 0 radical (unpaired) electrons. The van der Waals surface area contributed by atoms with E-state index in [1.165, 1.54) is 30.5 Å². The number of ether oxygens (including phenoxy) is 1. The van der Waals surface area contributed by atoms with Crippen molar-refractivity contribution in [2.75, 3.05) is 19.6 Å². The Balaban J connectivity index is 1.79. The monoisotopic (exact) mass is 235 g/mol. The third-order valence-electron chi connectivity index (χ3n) is 3.84. The van der Waals surface area contributed by atoms with Gasteiger partial charge in [-0.15, -0.1) is 0 Å². The van der Waals surface area contributed by atoms with Gasteiger partial charge in [0.15, 0.2) is 0 Å². The molecule has 17 heavy (non-hydrogen) atoms. The molecule has 1 aromatic heterocycles. The Labute approximate surface area is 100 Å². The Bertz CT molecular complexity index is 463. The zero-order valence-electron chi connectivity index (χ0n) is 10.0. The maximum absolute atomic E-state index is 11.8. The Morgan fingerprint density at radius 2 is 2.18 bits per heavy atom. The zero-order chi connectivity index (χ0) is 11.8. The lowest BCUT2D eigenvalue weighted by molar-refractivity contribution is -0.0109. The highest BCUT2D eigenvalue weighted by Crippen LogP contribution is 2.29. The van der Waals surface area contributed by atoms with Crippen LogP contribution in [0.2, 0.25) is 0 Å². The maximum atomic E-state index is 11.8. The molecule has 4 rings (SSSR count). The van der Waals surface area contributed by atoms with Gasteiger partial charge < -0.3 is 9.30 Å². The number of nitrogens with zero attached hydrogens (tertiary/aromatic N) is 3. The van der Waals surface area contributed by atoms with E-state index >= 15 is 0 Å². The molecule has 0 saturated carbocycles. The molecule has 3 aliphatic rings. The maximum Gasteiger partial charge on any atom is 0.313 e. The molecule has 92 valence electrons. The average Bonchev–Trinajstić information content (AvgIpc) is 2.36. The number of fused-ring (bicyclic) bond motifs is 3. The third kappa shape index (κ3) is 1.95. The van der Waals surface area contributed by atoms with E-state index < -0.39 is 0 Å². The summed E-state index contributed by atoms with van der Waals surface area (Å²) in [7, 11) is 1.72. The molecule has 4 heterocycles. The predicted octanol–water partition coefficient (Wildman–Crippen LogP) is 0.253. The first kappa shape index (κ1) is 10.8. The molecule has 2 bridgehead atoms. The van der Waals surface area contributed by atoms with Crippen LogP contribution in [0, 0.1) is 5.92 Å². The van der Waals surface area contributed by atoms with Crippen molar-refractivity contribution in [1.82, 2.24) is 14.5 Å². The van der Waals surface area contributed by atoms with Crippen LogP contribution >= 0.6 is 0 Å². The molecule has 0 aromatic carbocycles. The normalized spacial score (nSPS) is 31.5. The average molecular weight is 235 g/mol. The van der Waals surface area contributed by atoms with Crippen molar-refractivity contribution in [3.05, 3.63) is 22.7 Å². The van der Waals surface area contributed by atoms with Crippen LogP contribution in [0.1, 0.15) is 12.8 Å². The van der Waals surface area contributed by atoms with Crippen LogP contribution in [0.15, 0.2) is 17.2 Å². The fourth-order valence-corrected chi connectivity index (χ4v) is 2.74. The number of hydrogen-bond donors (Lipinski definition) is 0. The summed E-state index contributed by atoms with van der Waals surface area (Å²) in [6.07, 6.45) is 5.75. The molecular formula is C12H17N3O2. The molecule has 0 N–H and O–H groups in total. The van der Waals surface area contributed by atoms with E-state index in [0.29, 0.717) is 5.92 Å². The third-order valence-corrected chi connectivity index (χ3v) is 3.84. The van der Waals surface area contributed by atoms with Crippen molar-refractivity contribution in [1.29, 1.82) is 0 Å². The minimum atomic E-state index is -0.149. The van der Waals surface area contributed by atoms with Gasteiger partial charge in [0.05, 0.1) is 0 Å². The second-order valence-electron chi connectivity index (χ2n) is 4.94. The van der Waals surface area contributed by atoms with Crippen molar-refractivity contribution in [3.8, 4) is 5.88 Å². The van der Waals surface area contributed by atoms with E-state index in [-0.39, 0.29) is 17.5 Å². The minimum absolute atomic E-state index is 0.139. The van der Waals surface area contributed by atoms with Crippen molar-refractivity contribution in [2.45, 2.75) is 18.9 Å². The molecule has 3 aliphatic heterocycles. The molecule has 0 amide bonds. The van der Waals surface area contributed by atoms with Crippen LogP contribution in [0.4, 0.5) is 0 Å². The first-order valence-corrected chi connectivity index (χ1v) is 6.14. The first-order chi connectivity index (χ1) is 8.24. The van der Waals surface area contributed by atoms with E-state index in [9.17, 15) is 4.79 Å². The Morgan fingerprint density at radius 3 is 2.82 bits per heavy atom. The van der Waals surface area contributed by atoms with E-state index in [2.05, 4.69) is 9.88 Å². The summed E-state index contributed by atoms with van der Waals surface area (Å²) < 4.78 is 7.32. The molecule has 0 aliphatic carbocycles. The lowest BCUT2D eigenvalue weighted by Gasteiger charge is -2.43. The van der Waals surface area contributed by atoms with Crippen molar-refractivity contribution < 1.29 is 4.74 Å². The number of rotatable bonds is 2. The largest absolute Gasteiger partial charge is 0.469 e. The van der Waals surface area contributed by atoms with E-state index in [1.54, 1.807) is 19.4 Å². The van der Waals surface area contributed by atoms with Crippen LogP contribution < -0.4 is 10.3 Å². The first-order valence-electron chi connectivity index (χ1n) is 6.14. The molecule has 3 saturated heterocycles. The Kier molecular flexibility index (Phi) is 2.63. The molecule has 1 aromatic rings. The van der Waals surface area contributed by atoms with E-state index in [0.717, 1.165) is 6.54 Å². The van der Waals surface area contributed by atoms with Crippen LogP contribution in [-0.2, 0) is 7.05 Å². The van der Waals surface area contributed by atoms with Crippen molar-refractivity contribution in [3.63, 3.8) is 0 Å². The molecule has 5 heteroatoms. The van der Waals surface area contributed by atoms with Gasteiger partial charge in [0.25, 0.3) is 5.88 Å². The number of piperidine rings is 3. The molecule has 3 fully saturated rings. The lowest BCUT2D eigenvalue weighted by atomic mass is 9.86. The zero-order valence-corrected chi connectivity index (χ0v) is 10.0. The molecule has 1 atom stereocenters. The number of aryl methyl sites for hydroxylation is 1. The topological polar surface area (TPSA) is 47.4 Å². The minimum Gasteiger partial charge on any atom is -0.469 e. The van der Waals surface area contributed by atoms with Gasteiger partial charge in [0, 0.05) is 26.0 Å². The standard InChI is InChI=1S/C12H17N3O2/c1-14-7-4-13-11(12(14)16)17-10-8-15-5-2-9(10)3-6-15/h4,7,9-10H,2-3,5-6,8H2,1H3. The van der Waals surface area contributed by atoms with Crippen LogP contribution in [0.3, 0.4) is 0 Å². The molecule has 1 unspecified atom stereocenters. The van der Waals surface area contributed by atoms with Gasteiger partial charge in [0.1, 0.15) is 6.10 Å². The fraction of sp³-hybridized carbons (Fsp3) is 0.667. The molecule has 0 spiro atoms. The number of hydrogen-bond acceptors (Lipinski definition) is 4. The summed E-state index contributed by atoms with van der Waals surface area (Å²) in [5.41, 5.74) is -0.149. The highest BCUT2D eigenvalue weighted by Gasteiger charge is 2.36. The van der Waals surface area contributed by atoms with Crippen LogP contribution in [-0.4, -0.2) is 40.2 Å². The van der Waals surface area contributed by atoms with Crippen molar-refractivity contribution >= 4 is 0 Å². The van der Waals surface area contributed by atoms with Gasteiger partial charge in [-0.3, -0.25) is 9.69 Å². The molecule has 5 nitrogen and oxygen atoms in total. The second kappa shape index (κ2) is 4.14. The van der Waals surface area contributed by atoms with E-state index in [4.69, 9.17) is 4.74 Å². The van der Waals surface area contributed by atoms with Gasteiger partial charge in [-0.25, -0.2) is 4.98 Å². The van der Waals surface area contributed by atoms with Gasteiger partial charge in [-0.05, 0) is 31.8 Å². The van der Waals surface area contributed by atoms with Gasteiger partial charge in [-0.2, -0.15) is 0 Å². The smallest absolute Gasteiger partial charge is 0.313 e. The number of aromatic nitrogens is 2. The van der Waals surface area contributed by atoms with Crippen LogP contribution in [0.5, 0.6) is 5.88 Å². The van der Waals surface area contributed by atoms with Gasteiger partial charge in [-0.1, -0.05) is 0 Å². The summed E-state index contributed by atoms with van der Waals surface area (Å²) in [6, 6.07) is 0. The summed E-state index contributed by atoms with van der Waals surface area (Å²) in [4.78, 5) is 18.3. The Morgan fingerprint density at radius 1 is 1.41 bits per heavy atom. The van der Waals surface area contributed by atoms with Crippen LogP contribution in [0.25, 0.3) is 0 Å². The highest BCUT2D eigenvalue weighted by molar-refractivity contribution is 5.06. The fourth-order valence-electron chi connectivity index (χ4n) is 2.74. The SMILES string of the molecule is Cn1ccnc(OC2CN3CCC2CC3)c1=O. The lowest BCUT2D eigenvalue weighted by Crippen LogP contribution is -2.53. The van der Waals surface area contributed by atoms with Gasteiger partial charge >= 0.3 is 5.56 Å². The highest BCUT2D eigenvalue weighted by atomic mass is 16.5. The van der Waals surface area contributed by atoms with E-state index in [1.807, 2.05) is 0 Å². The quantitative estimate of drug-likeness (QED) is 0.737. The van der Waals surface area contributed by atoms with Crippen molar-refractivity contribution in [2.24, 2.45) is 13.0 Å².